The Morgan fingerprint density at radius 1 is 0.946 bits per heavy atom. The van der Waals surface area contributed by atoms with Crippen LogP contribution in [-0.2, 0) is 5.41 Å². The van der Waals surface area contributed by atoms with Gasteiger partial charge in [0.15, 0.2) is 11.6 Å². The molecule has 0 aliphatic heterocycles. The van der Waals surface area contributed by atoms with Crippen molar-refractivity contribution in [2.75, 3.05) is 0 Å². The zero-order chi connectivity index (χ0) is 26.4. The molecule has 1 heterocycles. The summed E-state index contributed by atoms with van der Waals surface area (Å²) in [4.78, 5) is 0. The molecule has 0 saturated heterocycles. The summed E-state index contributed by atoms with van der Waals surface area (Å²) in [6, 6.07) is 23.1. The minimum Gasteiger partial charge on any atom is -0.274 e. The van der Waals surface area contributed by atoms with Gasteiger partial charge in [-0.25, -0.2) is 0 Å². The molecular weight excluding hydrogens is 452 g/mol. The lowest BCUT2D eigenvalue weighted by molar-refractivity contribution is 0.529. The van der Waals surface area contributed by atoms with Crippen molar-refractivity contribution in [1.82, 2.24) is 14.8 Å². The summed E-state index contributed by atoms with van der Waals surface area (Å²) in [5.74, 6) is 1.51. The van der Waals surface area contributed by atoms with Crippen molar-refractivity contribution >= 4 is 0 Å². The average Bonchev–Trinajstić information content (AvgIpc) is 3.27. The lowest BCUT2D eigenvalue weighted by atomic mass is 9.81. The highest BCUT2D eigenvalue weighted by Gasteiger charge is 2.62. The number of aryl methyl sites for hydroxylation is 3. The van der Waals surface area contributed by atoms with Crippen molar-refractivity contribution in [2.45, 2.75) is 59.8 Å². The van der Waals surface area contributed by atoms with Crippen LogP contribution < -0.4 is 0 Å². The smallest absolute Gasteiger partial charge is 0.170 e. The predicted molar refractivity (Wildman–Crippen MR) is 151 cm³/mol. The topological polar surface area (TPSA) is 54.5 Å². The summed E-state index contributed by atoms with van der Waals surface area (Å²) >= 11 is 0. The zero-order valence-corrected chi connectivity index (χ0v) is 22.6. The van der Waals surface area contributed by atoms with Crippen LogP contribution in [0, 0.1) is 37.5 Å². The molecule has 0 spiro atoms. The van der Waals surface area contributed by atoms with E-state index in [0.29, 0.717) is 11.4 Å². The van der Waals surface area contributed by atoms with Gasteiger partial charge < -0.3 is 0 Å². The summed E-state index contributed by atoms with van der Waals surface area (Å²) in [5, 5.41) is 19.5. The van der Waals surface area contributed by atoms with E-state index in [-0.39, 0.29) is 10.8 Å². The van der Waals surface area contributed by atoms with Crippen LogP contribution in [-0.4, -0.2) is 14.8 Å². The van der Waals surface area contributed by atoms with Crippen molar-refractivity contribution in [3.05, 3.63) is 101 Å². The maximum Gasteiger partial charge on any atom is 0.170 e. The van der Waals surface area contributed by atoms with Gasteiger partial charge in [-0.05, 0) is 74.8 Å². The van der Waals surface area contributed by atoms with Crippen molar-refractivity contribution < 1.29 is 0 Å². The molecule has 186 valence electrons. The van der Waals surface area contributed by atoms with E-state index in [1.807, 2.05) is 24.3 Å². The lowest BCUT2D eigenvalue weighted by Crippen LogP contribution is -2.16. The van der Waals surface area contributed by atoms with Gasteiger partial charge in [0.05, 0.1) is 17.3 Å². The molecule has 1 saturated carbocycles. The molecule has 4 aromatic rings. The Kier molecular flexibility index (Phi) is 6.12. The van der Waals surface area contributed by atoms with Crippen molar-refractivity contribution in [3.63, 3.8) is 0 Å². The molecule has 5 rings (SSSR count). The number of hydrogen-bond donors (Lipinski definition) is 0. The second kappa shape index (κ2) is 9.16. The van der Waals surface area contributed by atoms with E-state index in [9.17, 15) is 5.26 Å². The third-order valence-electron chi connectivity index (χ3n) is 8.27. The van der Waals surface area contributed by atoms with E-state index < -0.39 is 0 Å². The minimum absolute atomic E-state index is 0.0506. The largest absolute Gasteiger partial charge is 0.274 e. The van der Waals surface area contributed by atoms with Crippen molar-refractivity contribution in [1.29, 1.82) is 5.26 Å². The van der Waals surface area contributed by atoms with Crippen LogP contribution >= 0.6 is 0 Å². The number of allylic oxidation sites excluding steroid dienone is 2. The first kappa shape index (κ1) is 24.7. The number of benzene rings is 3. The first-order valence-corrected chi connectivity index (χ1v) is 13.1. The van der Waals surface area contributed by atoms with E-state index in [2.05, 4.69) is 101 Å². The molecule has 4 nitrogen and oxygen atoms in total. The van der Waals surface area contributed by atoms with Crippen LogP contribution in [0.15, 0.2) is 72.8 Å². The summed E-state index contributed by atoms with van der Waals surface area (Å²) in [6.45, 7) is 13.2. The first-order chi connectivity index (χ1) is 17.8. The fraction of sp³-hybridized carbons (Fsp3) is 0.303. The van der Waals surface area contributed by atoms with Gasteiger partial charge in [-0.15, -0.1) is 10.2 Å². The van der Waals surface area contributed by atoms with Crippen LogP contribution in [0.1, 0.15) is 61.4 Å². The van der Waals surface area contributed by atoms with Crippen LogP contribution in [0.2, 0.25) is 0 Å². The van der Waals surface area contributed by atoms with Gasteiger partial charge in [0.25, 0.3) is 0 Å². The number of nitrogens with zero attached hydrogens (tertiary/aromatic N) is 4. The highest BCUT2D eigenvalue weighted by Crippen LogP contribution is 2.68. The third kappa shape index (κ3) is 3.81. The summed E-state index contributed by atoms with van der Waals surface area (Å²) in [5.41, 5.74) is 8.56. The zero-order valence-electron chi connectivity index (χ0n) is 22.6. The van der Waals surface area contributed by atoms with E-state index in [0.717, 1.165) is 46.6 Å². The highest BCUT2D eigenvalue weighted by molar-refractivity contribution is 5.74. The predicted octanol–water partition coefficient (Wildman–Crippen LogP) is 8.03. The summed E-state index contributed by atoms with van der Waals surface area (Å²) in [6.07, 6.45) is 6.70. The maximum atomic E-state index is 9.90. The van der Waals surface area contributed by atoms with Crippen molar-refractivity contribution in [3.8, 4) is 34.5 Å². The number of nitriles is 1. The van der Waals surface area contributed by atoms with Gasteiger partial charge in [-0.3, -0.25) is 4.57 Å². The van der Waals surface area contributed by atoms with Gasteiger partial charge in [0.1, 0.15) is 0 Å². The fourth-order valence-corrected chi connectivity index (χ4v) is 6.53. The molecule has 2 atom stereocenters. The molecule has 0 N–H and O–H groups in total. The van der Waals surface area contributed by atoms with Crippen LogP contribution in [0.4, 0.5) is 0 Å². The van der Waals surface area contributed by atoms with Gasteiger partial charge in [-0.1, -0.05) is 80.1 Å². The molecule has 4 heteroatoms. The summed E-state index contributed by atoms with van der Waals surface area (Å²) < 4.78 is 2.18. The SMILES string of the molecule is C/C=C\[C@]1(C)CC1(CC)c1ccccc1-c1nnc(-c2ccccc2C#N)n1-c1c(C)cc(C)cc1C. The molecule has 1 aromatic heterocycles. The third-order valence-corrected chi connectivity index (χ3v) is 8.27. The Balaban J connectivity index is 1.84. The molecule has 1 fully saturated rings. The van der Waals surface area contributed by atoms with Crippen LogP contribution in [0.3, 0.4) is 0 Å². The standard InChI is InChI=1S/C33H34N4/c1-7-17-32(6)21-33(32,8-2)28-16-12-11-15-27(28)31-36-35-30(26-14-10-9-13-25(26)20-34)37(31)29-23(4)18-22(3)19-24(29)5/h7,9-19H,8,21H2,1-6H3/b17-7-/t32-,33?/m1/s1. The Hall–Kier alpha value is -3.97. The highest BCUT2D eigenvalue weighted by atomic mass is 15.3. The van der Waals surface area contributed by atoms with E-state index >= 15 is 0 Å². The second-order valence-corrected chi connectivity index (χ2v) is 10.7. The Labute approximate surface area is 220 Å². The quantitative estimate of drug-likeness (QED) is 0.259. The molecule has 0 amide bonds. The van der Waals surface area contributed by atoms with E-state index in [1.165, 1.54) is 11.1 Å². The molecular formula is C33H34N4. The van der Waals surface area contributed by atoms with E-state index in [4.69, 9.17) is 10.2 Å². The second-order valence-electron chi connectivity index (χ2n) is 10.7. The molecule has 1 aliphatic carbocycles. The normalized spacial score (nSPS) is 20.8. The Bertz CT molecular complexity index is 1540. The molecule has 1 unspecified atom stereocenters. The van der Waals surface area contributed by atoms with Gasteiger partial charge in [0.2, 0.25) is 0 Å². The molecule has 0 bridgehead atoms. The number of aromatic nitrogens is 3. The van der Waals surface area contributed by atoms with Gasteiger partial charge in [0, 0.05) is 16.5 Å². The van der Waals surface area contributed by atoms with Crippen LogP contribution in [0.5, 0.6) is 0 Å². The Morgan fingerprint density at radius 2 is 1.54 bits per heavy atom. The van der Waals surface area contributed by atoms with Gasteiger partial charge >= 0.3 is 0 Å². The molecule has 3 aromatic carbocycles. The van der Waals surface area contributed by atoms with Crippen LogP contribution in [0.25, 0.3) is 28.5 Å². The lowest BCUT2D eigenvalue weighted by Gasteiger charge is -2.24. The Morgan fingerprint density at radius 3 is 2.16 bits per heavy atom. The number of rotatable bonds is 6. The van der Waals surface area contributed by atoms with Gasteiger partial charge in [-0.2, -0.15) is 5.26 Å². The minimum atomic E-state index is 0.0506. The summed E-state index contributed by atoms with van der Waals surface area (Å²) in [7, 11) is 0. The molecule has 1 aliphatic rings. The average molecular weight is 487 g/mol. The van der Waals surface area contributed by atoms with Crippen molar-refractivity contribution in [2.24, 2.45) is 5.41 Å². The maximum absolute atomic E-state index is 9.90. The fourth-order valence-electron chi connectivity index (χ4n) is 6.53. The number of hydrogen-bond acceptors (Lipinski definition) is 3. The molecule has 0 radical (unpaired) electrons. The monoisotopic (exact) mass is 486 g/mol. The molecule has 37 heavy (non-hydrogen) atoms. The van der Waals surface area contributed by atoms with E-state index in [1.54, 1.807) is 0 Å². The first-order valence-electron chi connectivity index (χ1n) is 13.1.